The van der Waals surface area contributed by atoms with Gasteiger partial charge in [0.15, 0.2) is 0 Å². The number of nitrogens with zero attached hydrogens (tertiary/aromatic N) is 2. The van der Waals surface area contributed by atoms with Gasteiger partial charge in [0, 0.05) is 16.0 Å². The van der Waals surface area contributed by atoms with Crippen LogP contribution in [0.5, 0.6) is 0 Å². The molecular formula is C17H15N3O2S. The summed E-state index contributed by atoms with van der Waals surface area (Å²) in [6.45, 7) is 2.09. The Bertz CT molecular complexity index is 785. The molecule has 0 atom stereocenters. The van der Waals surface area contributed by atoms with E-state index in [4.69, 9.17) is 4.42 Å². The van der Waals surface area contributed by atoms with E-state index < -0.39 is 0 Å². The first-order valence-electron chi connectivity index (χ1n) is 7.19. The van der Waals surface area contributed by atoms with Gasteiger partial charge in [-0.15, -0.1) is 16.9 Å². The van der Waals surface area contributed by atoms with Crippen molar-refractivity contribution in [3.63, 3.8) is 0 Å². The first-order valence-corrected chi connectivity index (χ1v) is 8.18. The summed E-state index contributed by atoms with van der Waals surface area (Å²) in [5.41, 5.74) is 1.35. The van der Waals surface area contributed by atoms with Crippen LogP contribution in [0.25, 0.3) is 11.5 Å². The van der Waals surface area contributed by atoms with Crippen molar-refractivity contribution < 1.29 is 9.21 Å². The van der Waals surface area contributed by atoms with Crippen LogP contribution in [0.4, 0.5) is 6.01 Å². The molecule has 0 spiro atoms. The average Bonchev–Trinajstić information content (AvgIpc) is 3.05. The van der Waals surface area contributed by atoms with E-state index in [2.05, 4.69) is 22.4 Å². The maximum atomic E-state index is 12.2. The van der Waals surface area contributed by atoms with Gasteiger partial charge >= 0.3 is 6.01 Å². The fourth-order valence-corrected chi connectivity index (χ4v) is 2.67. The number of nitrogens with one attached hydrogen (secondary N) is 1. The van der Waals surface area contributed by atoms with Crippen LogP contribution < -0.4 is 5.32 Å². The van der Waals surface area contributed by atoms with Gasteiger partial charge in [0.2, 0.25) is 5.89 Å². The van der Waals surface area contributed by atoms with Crippen LogP contribution in [0.15, 0.2) is 63.9 Å². The minimum Gasteiger partial charge on any atom is -0.403 e. The smallest absolute Gasteiger partial charge is 0.322 e. The average molecular weight is 325 g/mol. The molecule has 0 bridgehead atoms. The van der Waals surface area contributed by atoms with Gasteiger partial charge in [0.1, 0.15) is 0 Å². The zero-order valence-corrected chi connectivity index (χ0v) is 13.3. The predicted octanol–water partition coefficient (Wildman–Crippen LogP) is 4.10. The second-order valence-corrected chi connectivity index (χ2v) is 6.03. The number of carbonyl (C=O) groups is 1. The van der Waals surface area contributed by atoms with E-state index in [1.807, 2.05) is 42.5 Å². The summed E-state index contributed by atoms with van der Waals surface area (Å²) in [7, 11) is 0. The lowest BCUT2D eigenvalue weighted by Crippen LogP contribution is -2.11. The number of carbonyl (C=O) groups excluding carboxylic acids is 1. The van der Waals surface area contributed by atoms with Crippen LogP contribution in [0.2, 0.25) is 0 Å². The SMILES string of the molecule is CCSc1ccc(C(=O)Nc2nnc(-c3ccccc3)o2)cc1. The molecule has 0 radical (unpaired) electrons. The molecule has 23 heavy (non-hydrogen) atoms. The Morgan fingerprint density at radius 3 is 2.52 bits per heavy atom. The molecule has 2 aromatic carbocycles. The standard InChI is InChI=1S/C17H15N3O2S/c1-2-23-14-10-8-12(9-11-14)15(21)18-17-20-19-16(22-17)13-6-4-3-5-7-13/h3-11H,2H2,1H3,(H,18,20,21). The molecule has 116 valence electrons. The third-order valence-electron chi connectivity index (χ3n) is 3.09. The van der Waals surface area contributed by atoms with Gasteiger partial charge in [-0.2, -0.15) is 0 Å². The number of amides is 1. The molecule has 0 aliphatic heterocycles. The van der Waals surface area contributed by atoms with E-state index in [1.165, 1.54) is 0 Å². The minimum atomic E-state index is -0.277. The van der Waals surface area contributed by atoms with Crippen LogP contribution in [0, 0.1) is 0 Å². The van der Waals surface area contributed by atoms with Crippen LogP contribution >= 0.6 is 11.8 Å². The Hall–Kier alpha value is -2.60. The van der Waals surface area contributed by atoms with Crippen molar-refractivity contribution in [1.29, 1.82) is 0 Å². The van der Waals surface area contributed by atoms with Crippen LogP contribution in [-0.2, 0) is 0 Å². The molecule has 0 aliphatic carbocycles. The molecule has 1 heterocycles. The lowest BCUT2D eigenvalue weighted by atomic mass is 10.2. The molecule has 0 fully saturated rings. The van der Waals surface area contributed by atoms with Crippen LogP contribution in [0.3, 0.4) is 0 Å². The summed E-state index contributed by atoms with van der Waals surface area (Å²) in [5, 5.41) is 10.4. The normalized spacial score (nSPS) is 10.5. The van der Waals surface area contributed by atoms with E-state index >= 15 is 0 Å². The molecule has 1 amide bonds. The summed E-state index contributed by atoms with van der Waals surface area (Å²) in [6.07, 6.45) is 0. The second-order valence-electron chi connectivity index (χ2n) is 4.69. The Kier molecular flexibility index (Phi) is 4.73. The topological polar surface area (TPSA) is 68.0 Å². The number of hydrogen-bond donors (Lipinski definition) is 1. The summed E-state index contributed by atoms with van der Waals surface area (Å²) in [5.74, 6) is 1.09. The predicted molar refractivity (Wildman–Crippen MR) is 90.5 cm³/mol. The number of aromatic nitrogens is 2. The van der Waals surface area contributed by atoms with Crippen LogP contribution in [-0.4, -0.2) is 21.9 Å². The summed E-state index contributed by atoms with van der Waals surface area (Å²) in [4.78, 5) is 13.3. The third-order valence-corrected chi connectivity index (χ3v) is 3.99. The first-order chi connectivity index (χ1) is 11.3. The van der Waals surface area contributed by atoms with Gasteiger partial charge in [-0.05, 0) is 42.2 Å². The largest absolute Gasteiger partial charge is 0.403 e. The molecule has 0 aliphatic rings. The monoisotopic (exact) mass is 325 g/mol. The molecule has 5 nitrogen and oxygen atoms in total. The molecule has 1 N–H and O–H groups in total. The van der Waals surface area contributed by atoms with Crippen molar-refractivity contribution in [3.05, 3.63) is 60.2 Å². The van der Waals surface area contributed by atoms with Crippen molar-refractivity contribution in [2.75, 3.05) is 11.1 Å². The van der Waals surface area contributed by atoms with E-state index in [9.17, 15) is 4.79 Å². The van der Waals surface area contributed by atoms with Crippen molar-refractivity contribution in [1.82, 2.24) is 10.2 Å². The van der Waals surface area contributed by atoms with Gasteiger partial charge in [0.25, 0.3) is 5.91 Å². The summed E-state index contributed by atoms with van der Waals surface area (Å²) in [6, 6.07) is 16.9. The third kappa shape index (κ3) is 3.78. The van der Waals surface area contributed by atoms with Crippen molar-refractivity contribution in [2.45, 2.75) is 11.8 Å². The lowest BCUT2D eigenvalue weighted by Gasteiger charge is -2.02. The Morgan fingerprint density at radius 1 is 1.09 bits per heavy atom. The second kappa shape index (κ2) is 7.11. The van der Waals surface area contributed by atoms with Gasteiger partial charge in [-0.3, -0.25) is 10.1 Å². The van der Waals surface area contributed by atoms with E-state index in [-0.39, 0.29) is 11.9 Å². The summed E-state index contributed by atoms with van der Waals surface area (Å²) >= 11 is 1.73. The highest BCUT2D eigenvalue weighted by molar-refractivity contribution is 7.99. The fourth-order valence-electron chi connectivity index (χ4n) is 2.01. The quantitative estimate of drug-likeness (QED) is 0.715. The van der Waals surface area contributed by atoms with Gasteiger partial charge in [-0.25, -0.2) is 0 Å². The molecule has 3 rings (SSSR count). The Labute approximate surface area is 138 Å². The van der Waals surface area contributed by atoms with E-state index in [1.54, 1.807) is 23.9 Å². The zero-order chi connectivity index (χ0) is 16.1. The number of rotatable bonds is 5. The van der Waals surface area contributed by atoms with Gasteiger partial charge in [0.05, 0.1) is 0 Å². The highest BCUT2D eigenvalue weighted by atomic mass is 32.2. The van der Waals surface area contributed by atoms with Crippen molar-refractivity contribution in [2.24, 2.45) is 0 Å². The number of anilines is 1. The lowest BCUT2D eigenvalue weighted by molar-refractivity contribution is 0.102. The van der Waals surface area contributed by atoms with E-state index in [0.29, 0.717) is 11.5 Å². The summed E-state index contributed by atoms with van der Waals surface area (Å²) < 4.78 is 5.47. The highest BCUT2D eigenvalue weighted by Crippen LogP contribution is 2.20. The van der Waals surface area contributed by atoms with E-state index in [0.717, 1.165) is 16.2 Å². The number of hydrogen-bond acceptors (Lipinski definition) is 5. The highest BCUT2D eigenvalue weighted by Gasteiger charge is 2.12. The maximum absolute atomic E-state index is 12.2. The fraction of sp³-hybridized carbons (Fsp3) is 0.118. The van der Waals surface area contributed by atoms with Crippen LogP contribution in [0.1, 0.15) is 17.3 Å². The number of thioether (sulfide) groups is 1. The molecular weight excluding hydrogens is 310 g/mol. The molecule has 1 aromatic heterocycles. The van der Waals surface area contributed by atoms with Crippen molar-refractivity contribution >= 4 is 23.7 Å². The molecule has 0 saturated heterocycles. The number of benzene rings is 2. The molecule has 3 aromatic rings. The van der Waals surface area contributed by atoms with Crippen molar-refractivity contribution in [3.8, 4) is 11.5 Å². The Balaban J connectivity index is 1.69. The van der Waals surface area contributed by atoms with Gasteiger partial charge in [-0.1, -0.05) is 30.2 Å². The molecule has 0 unspecified atom stereocenters. The van der Waals surface area contributed by atoms with Gasteiger partial charge < -0.3 is 4.42 Å². The first kappa shape index (κ1) is 15.3. The molecule has 0 saturated carbocycles. The Morgan fingerprint density at radius 2 is 1.83 bits per heavy atom. The maximum Gasteiger partial charge on any atom is 0.322 e. The molecule has 6 heteroatoms. The minimum absolute atomic E-state index is 0.0841. The zero-order valence-electron chi connectivity index (χ0n) is 12.5.